The van der Waals surface area contributed by atoms with Crippen LogP contribution in [0, 0.1) is 10.1 Å². The van der Waals surface area contributed by atoms with Crippen molar-refractivity contribution in [2.75, 3.05) is 5.32 Å². The van der Waals surface area contributed by atoms with Gasteiger partial charge in [0.2, 0.25) is 0 Å². The second-order valence-corrected chi connectivity index (χ2v) is 10.9. The van der Waals surface area contributed by atoms with Gasteiger partial charge in [0.1, 0.15) is 0 Å². The number of hydrogen-bond donors (Lipinski definition) is 1. The molecule has 1 N–H and O–H groups in total. The first-order valence-electron chi connectivity index (χ1n) is 10.0. The molecule has 2 heterocycles. The van der Waals surface area contributed by atoms with E-state index in [1.54, 1.807) is 6.07 Å². The van der Waals surface area contributed by atoms with Crippen LogP contribution in [-0.4, -0.2) is 15.8 Å². The van der Waals surface area contributed by atoms with Crippen LogP contribution in [0.4, 0.5) is 10.1 Å². The van der Waals surface area contributed by atoms with Gasteiger partial charge in [0.15, 0.2) is 5.13 Å². The quantitative estimate of drug-likeness (QED) is 0.226. The van der Waals surface area contributed by atoms with E-state index < -0.39 is 10.8 Å². The molecule has 9 heteroatoms. The normalized spacial score (nSPS) is 11.4. The minimum absolute atomic E-state index is 0.0266. The first-order valence-corrected chi connectivity index (χ1v) is 12.1. The van der Waals surface area contributed by atoms with Crippen LogP contribution in [-0.2, 0) is 5.41 Å². The molecule has 0 unspecified atom stereocenters. The van der Waals surface area contributed by atoms with Crippen LogP contribution in [0.3, 0.4) is 0 Å². The Morgan fingerprint density at radius 1 is 1.03 bits per heavy atom. The fraction of sp³-hybridized carbons (Fsp3) is 0.167. The molecule has 0 fully saturated rings. The van der Waals surface area contributed by atoms with E-state index in [0.717, 1.165) is 33.0 Å². The number of nitro groups is 1. The molecule has 4 rings (SSSR count). The molecule has 33 heavy (non-hydrogen) atoms. The summed E-state index contributed by atoms with van der Waals surface area (Å²) in [5, 5.41) is 14.6. The zero-order valence-corrected chi connectivity index (χ0v) is 20.5. The lowest BCUT2D eigenvalue weighted by molar-refractivity contribution is -0.380. The predicted octanol–water partition coefficient (Wildman–Crippen LogP) is 7.65. The van der Waals surface area contributed by atoms with Crippen LogP contribution in [0.25, 0.3) is 21.7 Å². The maximum atomic E-state index is 12.7. The second kappa shape index (κ2) is 9.05. The van der Waals surface area contributed by atoms with Crippen LogP contribution in [0.15, 0.2) is 60.7 Å². The Labute approximate surface area is 204 Å². The van der Waals surface area contributed by atoms with Crippen LogP contribution >= 0.6 is 34.3 Å². The summed E-state index contributed by atoms with van der Waals surface area (Å²) >= 11 is 8.38. The number of anilines is 1. The standard InChI is InChI=1S/C24H20ClN3O3S2/c1-24(2,3)16-9-7-14(8-10-16)20-21(15-5-4-6-17(25)13-15)33-23(26-20)27-22(29)18-11-12-19(32-18)28(30)31/h4-13H,1-3H3,(H,26,27,29). The third kappa shape index (κ3) is 5.13. The van der Waals surface area contributed by atoms with E-state index in [0.29, 0.717) is 10.2 Å². The van der Waals surface area contributed by atoms with E-state index in [1.165, 1.54) is 29.0 Å². The molecule has 1 amide bonds. The van der Waals surface area contributed by atoms with E-state index in [4.69, 9.17) is 16.6 Å². The molecule has 2 aromatic carbocycles. The van der Waals surface area contributed by atoms with Gasteiger partial charge in [-0.25, -0.2) is 4.98 Å². The van der Waals surface area contributed by atoms with Crippen LogP contribution < -0.4 is 5.32 Å². The van der Waals surface area contributed by atoms with Gasteiger partial charge in [-0.2, -0.15) is 0 Å². The van der Waals surface area contributed by atoms with E-state index in [2.05, 4.69) is 38.2 Å². The fourth-order valence-corrected chi connectivity index (χ4v) is 5.11. The third-order valence-electron chi connectivity index (χ3n) is 4.95. The largest absolute Gasteiger partial charge is 0.324 e. The van der Waals surface area contributed by atoms with Crippen LogP contribution in [0.5, 0.6) is 0 Å². The van der Waals surface area contributed by atoms with Crippen molar-refractivity contribution in [1.82, 2.24) is 4.98 Å². The molecule has 0 spiro atoms. The molecular weight excluding hydrogens is 478 g/mol. The summed E-state index contributed by atoms with van der Waals surface area (Å²) in [6.45, 7) is 6.47. The van der Waals surface area contributed by atoms with Gasteiger partial charge < -0.3 is 0 Å². The predicted molar refractivity (Wildman–Crippen MR) is 136 cm³/mol. The number of amides is 1. The number of nitrogens with one attached hydrogen (secondary N) is 1. The average molecular weight is 498 g/mol. The molecule has 4 aromatic rings. The Morgan fingerprint density at radius 2 is 1.76 bits per heavy atom. The van der Waals surface area contributed by atoms with Gasteiger partial charge >= 0.3 is 5.00 Å². The van der Waals surface area contributed by atoms with Crippen molar-refractivity contribution < 1.29 is 9.72 Å². The summed E-state index contributed by atoms with van der Waals surface area (Å²) in [4.78, 5) is 28.9. The number of carbonyl (C=O) groups excluding carboxylic acids is 1. The van der Waals surface area contributed by atoms with Gasteiger partial charge in [0, 0.05) is 16.7 Å². The molecule has 0 saturated carbocycles. The minimum atomic E-state index is -0.512. The highest BCUT2D eigenvalue weighted by atomic mass is 35.5. The lowest BCUT2D eigenvalue weighted by Crippen LogP contribution is -2.10. The minimum Gasteiger partial charge on any atom is -0.297 e. The number of carbonyl (C=O) groups is 1. The van der Waals surface area contributed by atoms with Crippen molar-refractivity contribution >= 4 is 50.3 Å². The molecule has 2 aromatic heterocycles. The molecular formula is C24H20ClN3O3S2. The molecule has 168 valence electrons. The number of aromatic nitrogens is 1. The van der Waals surface area contributed by atoms with E-state index >= 15 is 0 Å². The smallest absolute Gasteiger partial charge is 0.297 e. The third-order valence-corrected chi connectivity index (χ3v) is 7.24. The van der Waals surface area contributed by atoms with Gasteiger partial charge in [-0.3, -0.25) is 20.2 Å². The van der Waals surface area contributed by atoms with Gasteiger partial charge in [0.25, 0.3) is 5.91 Å². The van der Waals surface area contributed by atoms with Crippen LogP contribution in [0.1, 0.15) is 36.0 Å². The second-order valence-electron chi connectivity index (χ2n) is 8.38. The molecule has 0 aliphatic carbocycles. The Kier molecular flexibility index (Phi) is 6.34. The summed E-state index contributed by atoms with van der Waals surface area (Å²) < 4.78 is 0. The molecule has 0 radical (unpaired) electrons. The number of benzene rings is 2. The van der Waals surface area contributed by atoms with Crippen molar-refractivity contribution in [3.05, 3.63) is 86.2 Å². The van der Waals surface area contributed by atoms with Crippen molar-refractivity contribution in [1.29, 1.82) is 0 Å². The Bertz CT molecular complexity index is 1340. The van der Waals surface area contributed by atoms with E-state index in [9.17, 15) is 14.9 Å². The summed E-state index contributed by atoms with van der Waals surface area (Å²) in [6, 6.07) is 18.5. The highest BCUT2D eigenvalue weighted by Gasteiger charge is 2.21. The number of thiophene rings is 1. The molecule has 0 aliphatic rings. The van der Waals surface area contributed by atoms with Crippen molar-refractivity contribution in [2.24, 2.45) is 0 Å². The molecule has 0 bridgehead atoms. The Hall–Kier alpha value is -3.07. The molecule has 0 saturated heterocycles. The average Bonchev–Trinajstić information content (AvgIpc) is 3.41. The topological polar surface area (TPSA) is 85.1 Å². The number of halogens is 1. The summed E-state index contributed by atoms with van der Waals surface area (Å²) in [5.74, 6) is -0.436. The SMILES string of the molecule is CC(C)(C)c1ccc(-c2nc(NC(=O)c3ccc([N+](=O)[O-])s3)sc2-c2cccc(Cl)c2)cc1. The molecule has 0 aliphatic heterocycles. The van der Waals surface area contributed by atoms with Crippen molar-refractivity contribution in [3.8, 4) is 21.7 Å². The maximum absolute atomic E-state index is 12.7. The van der Waals surface area contributed by atoms with E-state index in [1.807, 2.05) is 30.3 Å². The van der Waals surface area contributed by atoms with Gasteiger partial charge in [-0.1, -0.05) is 91.4 Å². The first kappa shape index (κ1) is 23.1. The van der Waals surface area contributed by atoms with Gasteiger partial charge in [0.05, 0.1) is 20.4 Å². The maximum Gasteiger partial charge on any atom is 0.324 e. The Morgan fingerprint density at radius 3 is 2.36 bits per heavy atom. The first-order chi connectivity index (χ1) is 15.6. The Balaban J connectivity index is 1.72. The number of nitrogens with zero attached hydrogens (tertiary/aromatic N) is 2. The lowest BCUT2D eigenvalue weighted by Gasteiger charge is -2.19. The monoisotopic (exact) mass is 497 g/mol. The highest BCUT2D eigenvalue weighted by molar-refractivity contribution is 7.20. The lowest BCUT2D eigenvalue weighted by atomic mass is 9.86. The summed E-state index contributed by atoms with van der Waals surface area (Å²) in [6.07, 6.45) is 0. The number of hydrogen-bond acceptors (Lipinski definition) is 6. The molecule has 0 atom stereocenters. The number of rotatable bonds is 5. The van der Waals surface area contributed by atoms with Crippen molar-refractivity contribution in [2.45, 2.75) is 26.2 Å². The summed E-state index contributed by atoms with van der Waals surface area (Å²) in [7, 11) is 0. The fourth-order valence-electron chi connectivity index (χ4n) is 3.23. The van der Waals surface area contributed by atoms with Gasteiger partial charge in [-0.15, -0.1) is 0 Å². The van der Waals surface area contributed by atoms with E-state index in [-0.39, 0.29) is 15.3 Å². The van der Waals surface area contributed by atoms with Crippen molar-refractivity contribution in [3.63, 3.8) is 0 Å². The van der Waals surface area contributed by atoms with Crippen LogP contribution in [0.2, 0.25) is 5.02 Å². The number of thiazole rings is 1. The zero-order valence-electron chi connectivity index (χ0n) is 18.1. The summed E-state index contributed by atoms with van der Waals surface area (Å²) in [5.41, 5.74) is 3.77. The molecule has 6 nitrogen and oxygen atoms in total. The highest BCUT2D eigenvalue weighted by Crippen LogP contribution is 2.40. The zero-order chi connectivity index (χ0) is 23.8. The van der Waals surface area contributed by atoms with Gasteiger partial charge in [-0.05, 0) is 34.7 Å².